The largest absolute Gasteiger partial charge is 0.299 e. The summed E-state index contributed by atoms with van der Waals surface area (Å²) in [7, 11) is 0. The predicted molar refractivity (Wildman–Crippen MR) is 63.6 cm³/mol. The molecule has 76 valence electrons. The van der Waals surface area contributed by atoms with Crippen molar-refractivity contribution in [1.82, 2.24) is 0 Å². The second-order valence-corrected chi connectivity index (χ2v) is 4.08. The van der Waals surface area contributed by atoms with Crippen molar-refractivity contribution < 1.29 is 4.79 Å². The standard InChI is InChI=1S/C10H10Cl2OS/c11-9-4-2-7(5-10(9)12)1-3-8(13)6-14/h2,4-5,14H,1,3,6H2. The van der Waals surface area contributed by atoms with Gasteiger partial charge in [0.25, 0.3) is 0 Å². The lowest BCUT2D eigenvalue weighted by molar-refractivity contribution is -0.116. The molecule has 0 bridgehead atoms. The lowest BCUT2D eigenvalue weighted by Crippen LogP contribution is -2.01. The molecule has 0 atom stereocenters. The minimum Gasteiger partial charge on any atom is -0.299 e. The molecular formula is C10H10Cl2OS. The maximum atomic E-state index is 11.0. The summed E-state index contributed by atoms with van der Waals surface area (Å²) in [4.78, 5) is 11.0. The summed E-state index contributed by atoms with van der Waals surface area (Å²) in [5, 5.41) is 1.07. The smallest absolute Gasteiger partial charge is 0.142 e. The first-order chi connectivity index (χ1) is 6.63. The predicted octanol–water partition coefficient (Wildman–Crippen LogP) is 3.42. The van der Waals surface area contributed by atoms with Gasteiger partial charge in [-0.1, -0.05) is 29.3 Å². The van der Waals surface area contributed by atoms with E-state index in [4.69, 9.17) is 23.2 Å². The second-order valence-electron chi connectivity index (χ2n) is 2.95. The van der Waals surface area contributed by atoms with Crippen LogP contribution in [0.3, 0.4) is 0 Å². The Balaban J connectivity index is 2.60. The number of carbonyl (C=O) groups is 1. The summed E-state index contributed by atoms with van der Waals surface area (Å²) < 4.78 is 0. The van der Waals surface area contributed by atoms with Gasteiger partial charge in [0.2, 0.25) is 0 Å². The molecule has 0 aliphatic rings. The molecule has 0 saturated carbocycles. The van der Waals surface area contributed by atoms with E-state index in [1.54, 1.807) is 12.1 Å². The number of hydrogen-bond donors (Lipinski definition) is 1. The van der Waals surface area contributed by atoms with E-state index in [0.717, 1.165) is 5.56 Å². The van der Waals surface area contributed by atoms with Crippen LogP contribution in [-0.2, 0) is 11.2 Å². The van der Waals surface area contributed by atoms with Gasteiger partial charge in [0.1, 0.15) is 5.78 Å². The van der Waals surface area contributed by atoms with Gasteiger partial charge in [-0.25, -0.2) is 0 Å². The maximum absolute atomic E-state index is 11.0. The molecule has 1 aromatic rings. The highest BCUT2D eigenvalue weighted by Gasteiger charge is 2.02. The summed E-state index contributed by atoms with van der Waals surface area (Å²) in [6, 6.07) is 5.40. The zero-order chi connectivity index (χ0) is 10.6. The van der Waals surface area contributed by atoms with E-state index >= 15 is 0 Å². The van der Waals surface area contributed by atoms with Crippen molar-refractivity contribution in [2.45, 2.75) is 12.8 Å². The quantitative estimate of drug-likeness (QED) is 0.809. The first kappa shape index (κ1) is 11.9. The topological polar surface area (TPSA) is 17.1 Å². The third kappa shape index (κ3) is 3.52. The SMILES string of the molecule is O=C(CS)CCc1ccc(Cl)c(Cl)c1. The number of thiol groups is 1. The Bertz CT molecular complexity index is 339. The normalized spacial score (nSPS) is 10.2. The second kappa shape index (κ2) is 5.64. The number of benzene rings is 1. The lowest BCUT2D eigenvalue weighted by atomic mass is 10.1. The highest BCUT2D eigenvalue weighted by molar-refractivity contribution is 7.81. The number of rotatable bonds is 4. The van der Waals surface area contributed by atoms with Crippen molar-refractivity contribution in [3.63, 3.8) is 0 Å². The zero-order valence-electron chi connectivity index (χ0n) is 7.46. The molecule has 0 N–H and O–H groups in total. The molecule has 0 spiro atoms. The third-order valence-electron chi connectivity index (χ3n) is 1.85. The molecule has 0 aliphatic carbocycles. The Morgan fingerprint density at radius 1 is 1.29 bits per heavy atom. The van der Waals surface area contributed by atoms with Crippen LogP contribution in [0.15, 0.2) is 18.2 Å². The molecule has 1 aromatic carbocycles. The number of ketones is 1. The molecule has 14 heavy (non-hydrogen) atoms. The summed E-state index contributed by atoms with van der Waals surface area (Å²) in [5.74, 6) is 0.431. The Morgan fingerprint density at radius 2 is 2.00 bits per heavy atom. The average Bonchev–Trinajstić information content (AvgIpc) is 2.19. The Hall–Kier alpha value is -0.180. The third-order valence-corrected chi connectivity index (χ3v) is 2.94. The molecule has 0 fully saturated rings. The van der Waals surface area contributed by atoms with E-state index in [2.05, 4.69) is 12.6 Å². The van der Waals surface area contributed by atoms with Gasteiger partial charge >= 0.3 is 0 Å². The minimum absolute atomic E-state index is 0.138. The van der Waals surface area contributed by atoms with Crippen molar-refractivity contribution in [3.05, 3.63) is 33.8 Å². The fourth-order valence-electron chi connectivity index (χ4n) is 1.06. The first-order valence-electron chi connectivity index (χ1n) is 4.20. The van der Waals surface area contributed by atoms with Gasteiger partial charge in [0.15, 0.2) is 0 Å². The number of Topliss-reactive ketones (excluding diaryl/α,β-unsaturated/α-hetero) is 1. The van der Waals surface area contributed by atoms with E-state index in [1.807, 2.05) is 6.07 Å². The van der Waals surface area contributed by atoms with Crippen LogP contribution in [0.25, 0.3) is 0 Å². The van der Waals surface area contributed by atoms with Crippen molar-refractivity contribution in [2.75, 3.05) is 5.75 Å². The number of carbonyl (C=O) groups excluding carboxylic acids is 1. The fraction of sp³-hybridized carbons (Fsp3) is 0.300. The van der Waals surface area contributed by atoms with Crippen LogP contribution >= 0.6 is 35.8 Å². The van der Waals surface area contributed by atoms with Gasteiger partial charge in [-0.2, -0.15) is 12.6 Å². The van der Waals surface area contributed by atoms with Crippen molar-refractivity contribution in [3.8, 4) is 0 Å². The molecule has 1 rings (SSSR count). The molecule has 0 unspecified atom stereocenters. The van der Waals surface area contributed by atoms with Crippen LogP contribution in [0.1, 0.15) is 12.0 Å². The lowest BCUT2D eigenvalue weighted by Gasteiger charge is -2.01. The van der Waals surface area contributed by atoms with Crippen molar-refractivity contribution >= 4 is 41.6 Å². The number of aryl methyl sites for hydroxylation is 1. The van der Waals surface area contributed by atoms with Crippen LogP contribution in [-0.4, -0.2) is 11.5 Å². The molecule has 0 amide bonds. The highest BCUT2D eigenvalue weighted by Crippen LogP contribution is 2.23. The molecular weight excluding hydrogens is 239 g/mol. The van der Waals surface area contributed by atoms with Crippen LogP contribution in [0, 0.1) is 0 Å². The molecule has 0 aliphatic heterocycles. The van der Waals surface area contributed by atoms with E-state index < -0.39 is 0 Å². The molecule has 0 saturated heterocycles. The fourth-order valence-corrected chi connectivity index (χ4v) is 1.54. The van der Waals surface area contributed by atoms with E-state index in [1.165, 1.54) is 0 Å². The summed E-state index contributed by atoms with van der Waals surface area (Å²) >= 11 is 15.5. The van der Waals surface area contributed by atoms with E-state index in [9.17, 15) is 4.79 Å². The summed E-state index contributed by atoms with van der Waals surface area (Å²) in [6.07, 6.45) is 1.19. The van der Waals surface area contributed by atoms with Gasteiger partial charge in [-0.05, 0) is 24.1 Å². The molecule has 4 heteroatoms. The highest BCUT2D eigenvalue weighted by atomic mass is 35.5. The van der Waals surface area contributed by atoms with E-state index in [-0.39, 0.29) is 5.78 Å². The summed E-state index contributed by atoms with van der Waals surface area (Å²) in [5.41, 5.74) is 1.02. The zero-order valence-corrected chi connectivity index (χ0v) is 9.87. The van der Waals surface area contributed by atoms with Crippen LogP contribution in [0.4, 0.5) is 0 Å². The molecule has 0 heterocycles. The number of hydrogen-bond acceptors (Lipinski definition) is 2. The van der Waals surface area contributed by atoms with Gasteiger partial charge in [-0.15, -0.1) is 0 Å². The van der Waals surface area contributed by atoms with Crippen molar-refractivity contribution in [1.29, 1.82) is 0 Å². The molecule has 0 aromatic heterocycles. The van der Waals surface area contributed by atoms with Crippen LogP contribution in [0.2, 0.25) is 10.0 Å². The first-order valence-corrected chi connectivity index (χ1v) is 5.59. The van der Waals surface area contributed by atoms with Gasteiger partial charge in [0.05, 0.1) is 10.0 Å². The van der Waals surface area contributed by atoms with Gasteiger partial charge in [0, 0.05) is 12.2 Å². The Labute approximate surface area is 98.8 Å². The molecule has 0 radical (unpaired) electrons. The summed E-state index contributed by atoms with van der Waals surface area (Å²) in [6.45, 7) is 0. The van der Waals surface area contributed by atoms with Crippen molar-refractivity contribution in [2.24, 2.45) is 0 Å². The average molecular weight is 249 g/mol. The number of halogens is 2. The van der Waals surface area contributed by atoms with E-state index in [0.29, 0.717) is 28.6 Å². The van der Waals surface area contributed by atoms with Crippen LogP contribution in [0.5, 0.6) is 0 Å². The van der Waals surface area contributed by atoms with Gasteiger partial charge in [-0.3, -0.25) is 4.79 Å². The monoisotopic (exact) mass is 248 g/mol. The van der Waals surface area contributed by atoms with Crippen LogP contribution < -0.4 is 0 Å². The maximum Gasteiger partial charge on any atom is 0.142 e. The Morgan fingerprint density at radius 3 is 2.57 bits per heavy atom. The Kier molecular flexibility index (Phi) is 4.79. The van der Waals surface area contributed by atoms with Gasteiger partial charge < -0.3 is 0 Å². The molecule has 1 nitrogen and oxygen atoms in total. The minimum atomic E-state index is 0.138.